The zero-order chi connectivity index (χ0) is 13.9. The molecule has 1 unspecified atom stereocenters. The molecule has 3 rings (SSSR count). The fourth-order valence-electron chi connectivity index (χ4n) is 2.80. The summed E-state index contributed by atoms with van der Waals surface area (Å²) >= 11 is 0. The molecule has 106 valence electrons. The number of nitrogens with zero attached hydrogens (tertiary/aromatic N) is 3. The molecule has 1 aliphatic rings. The average Bonchev–Trinajstić information content (AvgIpc) is 2.93. The highest BCUT2D eigenvalue weighted by Crippen LogP contribution is 2.18. The zero-order valence-electron chi connectivity index (χ0n) is 12.2. The van der Waals surface area contributed by atoms with E-state index in [2.05, 4.69) is 57.2 Å². The number of fused-ring (bicyclic) bond motifs is 1. The van der Waals surface area contributed by atoms with Crippen LogP contribution in [0.1, 0.15) is 23.0 Å². The van der Waals surface area contributed by atoms with Crippen molar-refractivity contribution < 1.29 is 0 Å². The van der Waals surface area contributed by atoms with Crippen LogP contribution in [-0.2, 0) is 13.1 Å². The molecule has 0 fully saturated rings. The Hall–Kier alpha value is -1.65. The molecule has 0 amide bonds. The molecule has 0 radical (unpaired) electrons. The van der Waals surface area contributed by atoms with Crippen LogP contribution in [0.5, 0.6) is 0 Å². The fourth-order valence-corrected chi connectivity index (χ4v) is 2.80. The van der Waals surface area contributed by atoms with Crippen LogP contribution < -0.4 is 5.32 Å². The van der Waals surface area contributed by atoms with E-state index in [0.717, 1.165) is 26.2 Å². The quantitative estimate of drug-likeness (QED) is 0.922. The highest BCUT2D eigenvalue weighted by atomic mass is 15.2. The van der Waals surface area contributed by atoms with Crippen molar-refractivity contribution in [3.63, 3.8) is 0 Å². The van der Waals surface area contributed by atoms with Gasteiger partial charge in [-0.05, 0) is 19.5 Å². The van der Waals surface area contributed by atoms with Crippen molar-refractivity contribution in [2.75, 3.05) is 20.1 Å². The van der Waals surface area contributed by atoms with Gasteiger partial charge in [0.15, 0.2) is 0 Å². The lowest BCUT2D eigenvalue weighted by molar-refractivity contribution is 0.197. The maximum Gasteiger partial charge on any atom is 0.122 e. The topological polar surface area (TPSA) is 33.1 Å². The molecule has 0 spiro atoms. The second-order valence-corrected chi connectivity index (χ2v) is 5.52. The summed E-state index contributed by atoms with van der Waals surface area (Å²) in [5.74, 6) is 1.18. The Bertz CT molecular complexity index is 558. The first-order valence-corrected chi connectivity index (χ1v) is 7.22. The molecule has 1 aliphatic heterocycles. The average molecular weight is 270 g/mol. The zero-order valence-corrected chi connectivity index (χ0v) is 12.2. The van der Waals surface area contributed by atoms with Gasteiger partial charge in [-0.1, -0.05) is 29.8 Å². The number of nitrogens with one attached hydrogen (secondary N) is 1. The molecule has 0 saturated carbocycles. The Balaban J connectivity index is 1.68. The third kappa shape index (κ3) is 2.76. The van der Waals surface area contributed by atoms with Gasteiger partial charge in [0.1, 0.15) is 5.82 Å². The fraction of sp³-hybridized carbons (Fsp3) is 0.438. The summed E-state index contributed by atoms with van der Waals surface area (Å²) in [6, 6.07) is 9.19. The summed E-state index contributed by atoms with van der Waals surface area (Å²) in [6.45, 7) is 6.22. The van der Waals surface area contributed by atoms with Gasteiger partial charge in [0.25, 0.3) is 0 Å². The van der Waals surface area contributed by atoms with Crippen molar-refractivity contribution >= 4 is 0 Å². The van der Waals surface area contributed by atoms with E-state index in [1.807, 2.05) is 13.2 Å². The highest BCUT2D eigenvalue weighted by molar-refractivity contribution is 5.24. The van der Waals surface area contributed by atoms with Gasteiger partial charge in [0.2, 0.25) is 0 Å². The number of hydrogen-bond acceptors (Lipinski definition) is 3. The molecule has 0 aliphatic carbocycles. The second kappa shape index (κ2) is 5.77. The van der Waals surface area contributed by atoms with E-state index >= 15 is 0 Å². The van der Waals surface area contributed by atoms with Gasteiger partial charge in [-0.3, -0.25) is 4.90 Å². The molecule has 1 aromatic carbocycles. The number of aryl methyl sites for hydroxylation is 1. The SMILES string of the molecule is CNC(CN1CCn2ccnc2C1)c1ccc(C)cc1. The van der Waals surface area contributed by atoms with Crippen LogP contribution >= 0.6 is 0 Å². The van der Waals surface area contributed by atoms with Crippen molar-refractivity contribution in [1.29, 1.82) is 0 Å². The third-order valence-corrected chi connectivity index (χ3v) is 4.09. The van der Waals surface area contributed by atoms with E-state index in [0.29, 0.717) is 6.04 Å². The normalized spacial score (nSPS) is 16.9. The summed E-state index contributed by atoms with van der Waals surface area (Å²) in [7, 11) is 2.04. The van der Waals surface area contributed by atoms with Gasteiger partial charge < -0.3 is 9.88 Å². The van der Waals surface area contributed by atoms with Gasteiger partial charge in [-0.15, -0.1) is 0 Å². The summed E-state index contributed by atoms with van der Waals surface area (Å²) in [6.07, 6.45) is 3.97. The minimum Gasteiger partial charge on any atom is -0.333 e. The Morgan fingerprint density at radius 2 is 2.05 bits per heavy atom. The predicted octanol–water partition coefficient (Wildman–Crippen LogP) is 1.97. The van der Waals surface area contributed by atoms with E-state index in [9.17, 15) is 0 Å². The lowest BCUT2D eigenvalue weighted by atomic mass is 10.0. The van der Waals surface area contributed by atoms with Gasteiger partial charge >= 0.3 is 0 Å². The molecule has 20 heavy (non-hydrogen) atoms. The van der Waals surface area contributed by atoms with Crippen LogP contribution in [0.3, 0.4) is 0 Å². The Labute approximate surface area is 120 Å². The first-order chi connectivity index (χ1) is 9.76. The third-order valence-electron chi connectivity index (χ3n) is 4.09. The van der Waals surface area contributed by atoms with Crippen LogP contribution in [0, 0.1) is 6.92 Å². The number of aromatic nitrogens is 2. The second-order valence-electron chi connectivity index (χ2n) is 5.52. The molecular formula is C16H22N4. The molecule has 4 nitrogen and oxygen atoms in total. The van der Waals surface area contributed by atoms with E-state index in [4.69, 9.17) is 0 Å². The molecule has 1 atom stereocenters. The minimum absolute atomic E-state index is 0.372. The van der Waals surface area contributed by atoms with Gasteiger partial charge in [0.05, 0.1) is 6.54 Å². The Morgan fingerprint density at radius 1 is 1.25 bits per heavy atom. The first kappa shape index (κ1) is 13.3. The standard InChI is InChI=1S/C16H22N4/c1-13-3-5-14(6-4-13)15(17-2)11-19-9-10-20-8-7-18-16(20)12-19/h3-8,15,17H,9-12H2,1-2H3. The number of imidazole rings is 1. The number of benzene rings is 1. The molecular weight excluding hydrogens is 248 g/mol. The predicted molar refractivity (Wildman–Crippen MR) is 80.5 cm³/mol. The van der Waals surface area contributed by atoms with Crippen molar-refractivity contribution in [2.24, 2.45) is 0 Å². The maximum absolute atomic E-state index is 4.43. The summed E-state index contributed by atoms with van der Waals surface area (Å²) in [4.78, 5) is 6.90. The summed E-state index contributed by atoms with van der Waals surface area (Å²) in [5.41, 5.74) is 2.66. The Morgan fingerprint density at radius 3 is 2.80 bits per heavy atom. The lowest BCUT2D eigenvalue weighted by Crippen LogP contribution is -2.39. The van der Waals surface area contributed by atoms with Crippen molar-refractivity contribution in [3.05, 3.63) is 53.6 Å². The summed E-state index contributed by atoms with van der Waals surface area (Å²) in [5, 5.41) is 3.43. The maximum atomic E-state index is 4.43. The van der Waals surface area contributed by atoms with Crippen LogP contribution in [-0.4, -0.2) is 34.6 Å². The molecule has 1 aromatic heterocycles. The highest BCUT2D eigenvalue weighted by Gasteiger charge is 2.20. The monoisotopic (exact) mass is 270 g/mol. The lowest BCUT2D eigenvalue weighted by Gasteiger charge is -2.31. The van der Waals surface area contributed by atoms with Crippen molar-refractivity contribution in [3.8, 4) is 0 Å². The van der Waals surface area contributed by atoms with Crippen LogP contribution in [0.4, 0.5) is 0 Å². The van der Waals surface area contributed by atoms with E-state index in [1.54, 1.807) is 0 Å². The van der Waals surface area contributed by atoms with E-state index in [-0.39, 0.29) is 0 Å². The van der Waals surface area contributed by atoms with Gasteiger partial charge in [-0.25, -0.2) is 4.98 Å². The number of hydrogen-bond donors (Lipinski definition) is 1. The summed E-state index contributed by atoms with van der Waals surface area (Å²) < 4.78 is 2.25. The van der Waals surface area contributed by atoms with Crippen LogP contribution in [0.2, 0.25) is 0 Å². The van der Waals surface area contributed by atoms with Crippen LogP contribution in [0.15, 0.2) is 36.7 Å². The molecule has 2 aromatic rings. The van der Waals surface area contributed by atoms with Gasteiger partial charge in [-0.2, -0.15) is 0 Å². The smallest absolute Gasteiger partial charge is 0.122 e. The largest absolute Gasteiger partial charge is 0.333 e. The minimum atomic E-state index is 0.372. The number of likely N-dealkylation sites (N-methyl/N-ethyl adjacent to an activating group) is 1. The molecule has 2 heterocycles. The first-order valence-electron chi connectivity index (χ1n) is 7.22. The molecule has 0 saturated heterocycles. The van der Waals surface area contributed by atoms with Crippen molar-refractivity contribution in [2.45, 2.75) is 26.1 Å². The molecule has 0 bridgehead atoms. The molecule has 1 N–H and O–H groups in total. The Kier molecular flexibility index (Phi) is 3.85. The molecule has 4 heteroatoms. The number of rotatable bonds is 4. The van der Waals surface area contributed by atoms with E-state index in [1.165, 1.54) is 17.0 Å². The van der Waals surface area contributed by atoms with E-state index < -0.39 is 0 Å². The van der Waals surface area contributed by atoms with Gasteiger partial charge in [0, 0.05) is 38.1 Å². The van der Waals surface area contributed by atoms with Crippen LogP contribution in [0.25, 0.3) is 0 Å². The van der Waals surface area contributed by atoms with Crippen molar-refractivity contribution in [1.82, 2.24) is 19.8 Å².